The van der Waals surface area contributed by atoms with E-state index in [0.717, 1.165) is 12.7 Å². The van der Waals surface area contributed by atoms with Crippen LogP contribution in [0, 0.1) is 5.92 Å². The number of aldehydes is 1. The number of aliphatic hydroxyl groups is 1. The van der Waals surface area contributed by atoms with Crippen LogP contribution in [0.3, 0.4) is 0 Å². The van der Waals surface area contributed by atoms with Gasteiger partial charge in [-0.3, -0.25) is 4.90 Å². The highest BCUT2D eigenvalue weighted by Crippen LogP contribution is 2.14. The van der Waals surface area contributed by atoms with E-state index in [9.17, 15) is 9.90 Å². The summed E-state index contributed by atoms with van der Waals surface area (Å²) in [7, 11) is 1.84. The van der Waals surface area contributed by atoms with Gasteiger partial charge in [0.15, 0.2) is 0 Å². The van der Waals surface area contributed by atoms with Crippen LogP contribution in [0.15, 0.2) is 12.2 Å². The van der Waals surface area contributed by atoms with Crippen molar-refractivity contribution in [2.24, 2.45) is 11.7 Å². The first kappa shape index (κ1) is 22.3. The number of carbonyl (C=O) groups is 1. The molecule has 0 bridgehead atoms. The molecule has 0 aliphatic carbocycles. The second kappa shape index (κ2) is 16.2. The van der Waals surface area contributed by atoms with E-state index in [1.54, 1.807) is 4.90 Å². The normalized spacial score (nSPS) is 14.5. The van der Waals surface area contributed by atoms with Crippen molar-refractivity contribution in [1.29, 1.82) is 0 Å². The van der Waals surface area contributed by atoms with Gasteiger partial charge < -0.3 is 15.6 Å². The van der Waals surface area contributed by atoms with Crippen LogP contribution in [0.2, 0.25) is 0 Å². The molecule has 0 heterocycles. The van der Waals surface area contributed by atoms with Crippen molar-refractivity contribution in [2.45, 2.75) is 77.4 Å². The van der Waals surface area contributed by atoms with E-state index in [2.05, 4.69) is 13.0 Å². The van der Waals surface area contributed by atoms with Gasteiger partial charge in [-0.15, -0.1) is 0 Å². The Kier molecular flexibility index (Phi) is 15.7. The molecule has 0 rings (SSSR count). The quantitative estimate of drug-likeness (QED) is 0.197. The number of carbonyl (C=O) groups excluding carboxylic acids is 1. The fraction of sp³-hybridized carbons (Fsp3) is 0.842. The summed E-state index contributed by atoms with van der Waals surface area (Å²) in [6.45, 7) is 3.38. The van der Waals surface area contributed by atoms with E-state index in [1.807, 2.05) is 13.1 Å². The molecule has 0 aromatic rings. The van der Waals surface area contributed by atoms with E-state index < -0.39 is 6.23 Å². The first-order valence-corrected chi connectivity index (χ1v) is 9.36. The van der Waals surface area contributed by atoms with Crippen LogP contribution in [0.1, 0.15) is 71.1 Å². The molecule has 0 aromatic carbocycles. The molecule has 4 heteroatoms. The third kappa shape index (κ3) is 12.4. The summed E-state index contributed by atoms with van der Waals surface area (Å²) < 4.78 is 0. The molecule has 23 heavy (non-hydrogen) atoms. The maximum absolute atomic E-state index is 10.8. The second-order valence-electron chi connectivity index (χ2n) is 6.44. The van der Waals surface area contributed by atoms with Crippen LogP contribution in [0.25, 0.3) is 0 Å². The number of nitrogens with two attached hydrogens (primary N) is 1. The summed E-state index contributed by atoms with van der Waals surface area (Å²) >= 11 is 0. The average Bonchev–Trinajstić information content (AvgIpc) is 2.55. The molecular formula is C19H38N2O2. The third-order valence-electron chi connectivity index (χ3n) is 4.29. The number of likely N-dealkylation sites (N-methyl/N-ethyl adjacent to an activating group) is 1. The first-order valence-electron chi connectivity index (χ1n) is 9.36. The monoisotopic (exact) mass is 326 g/mol. The molecule has 0 aliphatic heterocycles. The van der Waals surface area contributed by atoms with Gasteiger partial charge in [0.1, 0.15) is 12.5 Å². The predicted molar refractivity (Wildman–Crippen MR) is 98.2 cm³/mol. The zero-order valence-electron chi connectivity index (χ0n) is 15.3. The van der Waals surface area contributed by atoms with Crippen molar-refractivity contribution in [2.75, 3.05) is 20.1 Å². The molecule has 0 aliphatic rings. The summed E-state index contributed by atoms with van der Waals surface area (Å²) in [4.78, 5) is 12.6. The van der Waals surface area contributed by atoms with E-state index in [1.165, 1.54) is 51.4 Å². The Bertz CT molecular complexity index is 295. The van der Waals surface area contributed by atoms with Gasteiger partial charge in [0, 0.05) is 25.4 Å². The van der Waals surface area contributed by atoms with Crippen molar-refractivity contribution in [3.8, 4) is 0 Å². The number of hydrogen-bond acceptors (Lipinski definition) is 4. The zero-order valence-corrected chi connectivity index (χ0v) is 15.3. The van der Waals surface area contributed by atoms with Gasteiger partial charge in [-0.2, -0.15) is 0 Å². The third-order valence-corrected chi connectivity index (χ3v) is 4.29. The molecule has 0 radical (unpaired) electrons. The second-order valence-corrected chi connectivity index (χ2v) is 6.44. The lowest BCUT2D eigenvalue weighted by atomic mass is 10.0. The van der Waals surface area contributed by atoms with Crippen LogP contribution in [-0.2, 0) is 4.79 Å². The van der Waals surface area contributed by atoms with E-state index in [4.69, 9.17) is 5.73 Å². The molecular weight excluding hydrogens is 288 g/mol. The van der Waals surface area contributed by atoms with Gasteiger partial charge in [-0.25, -0.2) is 0 Å². The lowest BCUT2D eigenvalue weighted by Crippen LogP contribution is -2.40. The lowest BCUT2D eigenvalue weighted by molar-refractivity contribution is -0.110. The van der Waals surface area contributed by atoms with E-state index >= 15 is 0 Å². The molecule has 2 unspecified atom stereocenters. The minimum atomic E-state index is -0.640. The Morgan fingerprint density at radius 3 is 2.26 bits per heavy atom. The zero-order chi connectivity index (χ0) is 17.3. The Morgan fingerprint density at radius 1 is 1.09 bits per heavy atom. The summed E-state index contributed by atoms with van der Waals surface area (Å²) in [6.07, 6.45) is 16.3. The molecule has 136 valence electrons. The van der Waals surface area contributed by atoms with Crippen LogP contribution in [-0.4, -0.2) is 42.7 Å². The minimum Gasteiger partial charge on any atom is -0.378 e. The molecule has 3 N–H and O–H groups in total. The number of hydrogen-bond donors (Lipinski definition) is 2. The summed E-state index contributed by atoms with van der Waals surface area (Å²) in [6, 6.07) is 0. The van der Waals surface area contributed by atoms with E-state index in [0.29, 0.717) is 19.5 Å². The number of unbranched alkanes of at least 4 members (excludes halogenated alkanes) is 8. The van der Waals surface area contributed by atoms with Crippen molar-refractivity contribution in [1.82, 2.24) is 4.90 Å². The van der Waals surface area contributed by atoms with Crippen LogP contribution < -0.4 is 5.73 Å². The largest absolute Gasteiger partial charge is 0.378 e. The van der Waals surface area contributed by atoms with Crippen LogP contribution >= 0.6 is 0 Å². The smallest absolute Gasteiger partial charge is 0.120 e. The Labute approximate surface area is 143 Å². The van der Waals surface area contributed by atoms with Crippen molar-refractivity contribution in [3.05, 3.63) is 12.2 Å². The highest BCUT2D eigenvalue weighted by Gasteiger charge is 2.19. The number of rotatable bonds is 16. The van der Waals surface area contributed by atoms with E-state index in [-0.39, 0.29) is 5.92 Å². The molecule has 0 saturated heterocycles. The topological polar surface area (TPSA) is 66.6 Å². The van der Waals surface area contributed by atoms with Gasteiger partial charge in [0.05, 0.1) is 0 Å². The van der Waals surface area contributed by atoms with Crippen molar-refractivity contribution in [3.63, 3.8) is 0 Å². The Morgan fingerprint density at radius 2 is 1.70 bits per heavy atom. The fourth-order valence-electron chi connectivity index (χ4n) is 2.74. The van der Waals surface area contributed by atoms with Gasteiger partial charge >= 0.3 is 0 Å². The summed E-state index contributed by atoms with van der Waals surface area (Å²) in [5.41, 5.74) is 5.51. The Balaban J connectivity index is 3.87. The molecule has 0 fully saturated rings. The summed E-state index contributed by atoms with van der Waals surface area (Å²) in [5.74, 6) is -0.141. The first-order chi connectivity index (χ1) is 11.2. The van der Waals surface area contributed by atoms with Gasteiger partial charge in [-0.05, 0) is 19.9 Å². The van der Waals surface area contributed by atoms with Crippen LogP contribution in [0.5, 0.6) is 0 Å². The van der Waals surface area contributed by atoms with Crippen LogP contribution in [0.4, 0.5) is 0 Å². The molecule has 0 amide bonds. The number of allylic oxidation sites excluding steroid dienone is 1. The molecule has 0 aromatic heterocycles. The predicted octanol–water partition coefficient (Wildman–Crippen LogP) is 3.49. The number of nitrogens with zero attached hydrogens (tertiary/aromatic N) is 1. The van der Waals surface area contributed by atoms with Gasteiger partial charge in [0.25, 0.3) is 0 Å². The van der Waals surface area contributed by atoms with Crippen molar-refractivity contribution >= 4 is 6.29 Å². The number of aliphatic hydroxyl groups excluding tert-OH is 1. The van der Waals surface area contributed by atoms with Crippen molar-refractivity contribution < 1.29 is 9.90 Å². The molecule has 4 nitrogen and oxygen atoms in total. The molecule has 2 atom stereocenters. The minimum absolute atomic E-state index is 0.141. The highest BCUT2D eigenvalue weighted by molar-refractivity contribution is 5.50. The fourth-order valence-corrected chi connectivity index (χ4v) is 2.74. The molecule has 0 saturated carbocycles. The van der Waals surface area contributed by atoms with Gasteiger partial charge in [0.2, 0.25) is 0 Å². The maximum atomic E-state index is 10.8. The average molecular weight is 327 g/mol. The highest BCUT2D eigenvalue weighted by atomic mass is 16.3. The lowest BCUT2D eigenvalue weighted by Gasteiger charge is -2.27. The SMILES string of the molecule is CCCCCCCCCC/C=C/C(CC=O)C(O)N(C)CCN. The summed E-state index contributed by atoms with van der Waals surface area (Å²) in [5, 5.41) is 10.2. The van der Waals surface area contributed by atoms with Gasteiger partial charge in [-0.1, -0.05) is 64.0 Å². The molecule has 0 spiro atoms. The Hall–Kier alpha value is -0.710. The maximum Gasteiger partial charge on any atom is 0.120 e. The standard InChI is InChI=1S/C19H38N2O2/c1-3-4-5-6-7-8-9-10-11-12-13-18(14-17-22)19(23)21(2)16-15-20/h12-13,17-19,23H,3-11,14-16,20H2,1-2H3/b13-12+.